The highest BCUT2D eigenvalue weighted by atomic mass is 35.5. The Balaban J connectivity index is 0.00000180. The van der Waals surface area contributed by atoms with Gasteiger partial charge in [-0.15, -0.1) is 12.4 Å². The maximum absolute atomic E-state index is 5.79. The number of hydrogen-bond donors (Lipinski definition) is 1. The Labute approximate surface area is 122 Å². The summed E-state index contributed by atoms with van der Waals surface area (Å²) in [6, 6.07) is 7.88. The molecule has 0 amide bonds. The first-order chi connectivity index (χ1) is 8.88. The number of ether oxygens (including phenoxy) is 2. The van der Waals surface area contributed by atoms with Crippen molar-refractivity contribution in [1.29, 1.82) is 0 Å². The van der Waals surface area contributed by atoms with Crippen LogP contribution in [0.2, 0.25) is 0 Å². The van der Waals surface area contributed by atoms with E-state index in [-0.39, 0.29) is 12.4 Å². The molecule has 1 saturated heterocycles. The van der Waals surface area contributed by atoms with E-state index in [1.807, 2.05) is 31.2 Å². The molecule has 1 aromatic carbocycles. The lowest BCUT2D eigenvalue weighted by Gasteiger charge is -2.22. The van der Waals surface area contributed by atoms with Gasteiger partial charge in [0.1, 0.15) is 11.5 Å². The van der Waals surface area contributed by atoms with Crippen molar-refractivity contribution in [2.24, 2.45) is 5.92 Å². The van der Waals surface area contributed by atoms with Crippen LogP contribution in [0.1, 0.15) is 26.2 Å². The molecule has 0 bridgehead atoms. The Bertz CT molecular complexity index is 354. The molecule has 1 fully saturated rings. The third-order valence-electron chi connectivity index (χ3n) is 3.31. The topological polar surface area (TPSA) is 30.5 Å². The number of piperidine rings is 1. The van der Waals surface area contributed by atoms with Crippen molar-refractivity contribution in [3.05, 3.63) is 24.3 Å². The van der Waals surface area contributed by atoms with Crippen LogP contribution in [0.5, 0.6) is 11.5 Å². The fraction of sp³-hybridized carbons (Fsp3) is 0.600. The zero-order chi connectivity index (χ0) is 12.6. The Kier molecular flexibility index (Phi) is 7.68. The van der Waals surface area contributed by atoms with Crippen LogP contribution in [0, 0.1) is 5.92 Å². The lowest BCUT2D eigenvalue weighted by molar-refractivity contribution is 0.252. The van der Waals surface area contributed by atoms with Crippen LogP contribution in [0.25, 0.3) is 0 Å². The molecule has 0 radical (unpaired) electrons. The molecule has 1 aromatic rings. The second-order valence-corrected chi connectivity index (χ2v) is 4.76. The Morgan fingerprint density at radius 3 is 2.74 bits per heavy atom. The summed E-state index contributed by atoms with van der Waals surface area (Å²) in [5.41, 5.74) is 0. The second-order valence-electron chi connectivity index (χ2n) is 4.76. The van der Waals surface area contributed by atoms with Gasteiger partial charge in [0.2, 0.25) is 0 Å². The van der Waals surface area contributed by atoms with Crippen molar-refractivity contribution >= 4 is 12.4 Å². The van der Waals surface area contributed by atoms with E-state index in [9.17, 15) is 0 Å². The van der Waals surface area contributed by atoms with Gasteiger partial charge in [0.05, 0.1) is 13.2 Å². The van der Waals surface area contributed by atoms with Gasteiger partial charge in [0.15, 0.2) is 0 Å². The van der Waals surface area contributed by atoms with E-state index in [1.165, 1.54) is 19.4 Å². The first-order valence-electron chi connectivity index (χ1n) is 6.95. The summed E-state index contributed by atoms with van der Waals surface area (Å²) >= 11 is 0. The van der Waals surface area contributed by atoms with E-state index in [1.54, 1.807) is 0 Å². The van der Waals surface area contributed by atoms with Crippen LogP contribution < -0.4 is 14.8 Å². The normalized spacial score (nSPS) is 18.5. The van der Waals surface area contributed by atoms with Crippen molar-refractivity contribution in [1.82, 2.24) is 5.32 Å². The van der Waals surface area contributed by atoms with Crippen LogP contribution in [0.4, 0.5) is 0 Å². The molecule has 4 heteroatoms. The monoisotopic (exact) mass is 285 g/mol. The average molecular weight is 286 g/mol. The maximum atomic E-state index is 5.79. The first kappa shape index (κ1) is 16.1. The highest BCUT2D eigenvalue weighted by molar-refractivity contribution is 5.85. The largest absolute Gasteiger partial charge is 0.494 e. The zero-order valence-corrected chi connectivity index (χ0v) is 12.4. The van der Waals surface area contributed by atoms with Gasteiger partial charge in [-0.3, -0.25) is 0 Å². The SMILES string of the molecule is CCOc1cccc(OCCC2CCCNC2)c1.Cl. The Morgan fingerprint density at radius 2 is 2.05 bits per heavy atom. The maximum Gasteiger partial charge on any atom is 0.122 e. The molecule has 0 aromatic heterocycles. The smallest absolute Gasteiger partial charge is 0.122 e. The van der Waals surface area contributed by atoms with Crippen LogP contribution in [0.15, 0.2) is 24.3 Å². The zero-order valence-electron chi connectivity index (χ0n) is 11.6. The van der Waals surface area contributed by atoms with Gasteiger partial charge in [-0.2, -0.15) is 0 Å². The minimum absolute atomic E-state index is 0. The summed E-state index contributed by atoms with van der Waals surface area (Å²) in [7, 11) is 0. The number of halogens is 1. The van der Waals surface area contributed by atoms with E-state index in [4.69, 9.17) is 9.47 Å². The fourth-order valence-corrected chi connectivity index (χ4v) is 2.33. The minimum atomic E-state index is 0. The lowest BCUT2D eigenvalue weighted by Crippen LogP contribution is -2.30. The summed E-state index contributed by atoms with van der Waals surface area (Å²) in [4.78, 5) is 0. The molecule has 1 aliphatic heterocycles. The van der Waals surface area contributed by atoms with E-state index in [0.29, 0.717) is 6.61 Å². The molecule has 1 heterocycles. The summed E-state index contributed by atoms with van der Waals surface area (Å²) in [5.74, 6) is 2.56. The Morgan fingerprint density at radius 1 is 1.26 bits per heavy atom. The van der Waals surface area contributed by atoms with Gasteiger partial charge >= 0.3 is 0 Å². The van der Waals surface area contributed by atoms with E-state index < -0.39 is 0 Å². The van der Waals surface area contributed by atoms with E-state index in [2.05, 4.69) is 5.32 Å². The van der Waals surface area contributed by atoms with Gasteiger partial charge in [0, 0.05) is 6.07 Å². The highest BCUT2D eigenvalue weighted by Crippen LogP contribution is 2.20. The molecule has 0 spiro atoms. The molecule has 0 saturated carbocycles. The van der Waals surface area contributed by atoms with Crippen molar-refractivity contribution < 1.29 is 9.47 Å². The third-order valence-corrected chi connectivity index (χ3v) is 3.31. The molecule has 1 aliphatic rings. The third kappa shape index (κ3) is 5.70. The molecule has 19 heavy (non-hydrogen) atoms. The molecule has 2 rings (SSSR count). The molecular formula is C15H24ClNO2. The summed E-state index contributed by atoms with van der Waals surface area (Å²) in [6.45, 7) is 5.79. The summed E-state index contributed by atoms with van der Waals surface area (Å²) < 4.78 is 11.2. The molecule has 108 valence electrons. The van der Waals surface area contributed by atoms with Crippen molar-refractivity contribution in [3.8, 4) is 11.5 Å². The lowest BCUT2D eigenvalue weighted by atomic mass is 9.97. The van der Waals surface area contributed by atoms with Gasteiger partial charge < -0.3 is 14.8 Å². The van der Waals surface area contributed by atoms with Crippen LogP contribution in [-0.4, -0.2) is 26.3 Å². The van der Waals surface area contributed by atoms with Crippen molar-refractivity contribution in [2.45, 2.75) is 26.2 Å². The molecule has 0 aliphatic carbocycles. The van der Waals surface area contributed by atoms with E-state index >= 15 is 0 Å². The summed E-state index contributed by atoms with van der Waals surface area (Å²) in [5, 5.41) is 3.43. The second kappa shape index (κ2) is 9.05. The van der Waals surface area contributed by atoms with Crippen LogP contribution >= 0.6 is 12.4 Å². The van der Waals surface area contributed by atoms with Gasteiger partial charge in [-0.25, -0.2) is 0 Å². The predicted molar refractivity (Wildman–Crippen MR) is 80.6 cm³/mol. The molecule has 1 unspecified atom stereocenters. The number of rotatable bonds is 6. The van der Waals surface area contributed by atoms with Gasteiger partial charge in [-0.1, -0.05) is 6.07 Å². The van der Waals surface area contributed by atoms with E-state index in [0.717, 1.165) is 37.0 Å². The quantitative estimate of drug-likeness (QED) is 0.870. The predicted octanol–water partition coefficient (Wildman–Crippen LogP) is 3.28. The van der Waals surface area contributed by atoms with Gasteiger partial charge in [-0.05, 0) is 57.3 Å². The molecular weight excluding hydrogens is 262 g/mol. The highest BCUT2D eigenvalue weighted by Gasteiger charge is 2.12. The standard InChI is InChI=1S/C15H23NO2.ClH/c1-2-17-14-6-3-7-15(11-14)18-10-8-13-5-4-9-16-12-13;/h3,6-7,11,13,16H,2,4-5,8-10,12H2,1H3;1H. The van der Waals surface area contributed by atoms with Crippen LogP contribution in [0.3, 0.4) is 0 Å². The Hall–Kier alpha value is -0.930. The van der Waals surface area contributed by atoms with Gasteiger partial charge in [0.25, 0.3) is 0 Å². The van der Waals surface area contributed by atoms with Crippen molar-refractivity contribution in [2.75, 3.05) is 26.3 Å². The summed E-state index contributed by atoms with van der Waals surface area (Å²) in [6.07, 6.45) is 3.76. The number of nitrogens with one attached hydrogen (secondary N) is 1. The molecule has 1 N–H and O–H groups in total. The first-order valence-corrected chi connectivity index (χ1v) is 6.95. The number of hydrogen-bond acceptors (Lipinski definition) is 3. The number of benzene rings is 1. The molecule has 3 nitrogen and oxygen atoms in total. The van der Waals surface area contributed by atoms with Crippen molar-refractivity contribution in [3.63, 3.8) is 0 Å². The minimum Gasteiger partial charge on any atom is -0.494 e. The average Bonchev–Trinajstić information content (AvgIpc) is 2.41. The fourth-order valence-electron chi connectivity index (χ4n) is 2.33. The molecule has 1 atom stereocenters. The van der Waals surface area contributed by atoms with Crippen LogP contribution in [-0.2, 0) is 0 Å².